The van der Waals surface area contributed by atoms with Gasteiger partial charge in [-0.15, -0.1) is 0 Å². The summed E-state index contributed by atoms with van der Waals surface area (Å²) in [6.07, 6.45) is 2.44. The van der Waals surface area contributed by atoms with Crippen molar-refractivity contribution in [2.24, 2.45) is 0 Å². The Morgan fingerprint density at radius 3 is 2.10 bits per heavy atom. The molecule has 0 unspecified atom stereocenters. The number of aliphatic hydroxyl groups excluding tert-OH is 1. The molecule has 1 aliphatic carbocycles. The number of anilines is 1. The van der Waals surface area contributed by atoms with Crippen LogP contribution in [0.3, 0.4) is 0 Å². The van der Waals surface area contributed by atoms with Crippen LogP contribution in [0, 0.1) is 0 Å². The third-order valence-electron chi connectivity index (χ3n) is 6.29. The van der Waals surface area contributed by atoms with Gasteiger partial charge >= 0.3 is 0 Å². The molecule has 1 fully saturated rings. The quantitative estimate of drug-likeness (QED) is 0.771. The number of sulfonamides is 2. The Kier molecular flexibility index (Phi) is 5.21. The average Bonchev–Trinajstić information content (AvgIpc) is 3.05. The second-order valence-electron chi connectivity index (χ2n) is 8.30. The zero-order chi connectivity index (χ0) is 21.7. The van der Waals surface area contributed by atoms with Crippen LogP contribution < -0.4 is 4.31 Å². The Morgan fingerprint density at radius 1 is 0.933 bits per heavy atom. The van der Waals surface area contributed by atoms with Gasteiger partial charge in [0.15, 0.2) is 0 Å². The molecular formula is C21H26N2O5S2. The van der Waals surface area contributed by atoms with E-state index >= 15 is 0 Å². The van der Waals surface area contributed by atoms with Crippen LogP contribution in [0.4, 0.5) is 5.69 Å². The number of hydrogen-bond acceptors (Lipinski definition) is 5. The number of nitrogens with zero attached hydrogens (tertiary/aromatic N) is 2. The van der Waals surface area contributed by atoms with Crippen molar-refractivity contribution in [2.45, 2.75) is 47.0 Å². The second kappa shape index (κ2) is 7.33. The van der Waals surface area contributed by atoms with E-state index in [1.807, 2.05) is 24.3 Å². The van der Waals surface area contributed by atoms with Gasteiger partial charge in [0.25, 0.3) is 10.0 Å². The number of para-hydroxylation sites is 1. The number of fused-ring (bicyclic) bond motifs is 2. The average molecular weight is 451 g/mol. The summed E-state index contributed by atoms with van der Waals surface area (Å²) in [5.74, 6) is 0. The third-order valence-corrected chi connectivity index (χ3v) is 9.90. The Morgan fingerprint density at radius 2 is 1.50 bits per heavy atom. The van der Waals surface area contributed by atoms with Crippen molar-refractivity contribution in [2.75, 3.05) is 24.9 Å². The highest BCUT2D eigenvalue weighted by Gasteiger charge is 2.48. The minimum Gasteiger partial charge on any atom is -0.393 e. The van der Waals surface area contributed by atoms with Gasteiger partial charge in [0.2, 0.25) is 10.0 Å². The molecule has 0 bridgehead atoms. The molecule has 4 rings (SSSR count). The maximum absolute atomic E-state index is 13.5. The maximum Gasteiger partial charge on any atom is 0.264 e. The summed E-state index contributed by atoms with van der Waals surface area (Å²) in [6.45, 7) is 0.332. The molecule has 0 radical (unpaired) electrons. The van der Waals surface area contributed by atoms with Crippen LogP contribution in [0.25, 0.3) is 0 Å². The molecule has 2 aliphatic rings. The molecule has 1 saturated carbocycles. The van der Waals surface area contributed by atoms with E-state index in [1.165, 1.54) is 42.7 Å². The molecule has 7 nitrogen and oxygen atoms in total. The molecule has 30 heavy (non-hydrogen) atoms. The summed E-state index contributed by atoms with van der Waals surface area (Å²) in [6, 6.07) is 12.9. The van der Waals surface area contributed by atoms with Crippen molar-refractivity contribution in [1.82, 2.24) is 4.31 Å². The van der Waals surface area contributed by atoms with Crippen molar-refractivity contribution >= 4 is 25.7 Å². The summed E-state index contributed by atoms with van der Waals surface area (Å²) in [5.41, 5.74) is 1.38. The van der Waals surface area contributed by atoms with Crippen LogP contribution in [0.2, 0.25) is 0 Å². The van der Waals surface area contributed by atoms with Crippen LogP contribution >= 0.6 is 0 Å². The summed E-state index contributed by atoms with van der Waals surface area (Å²) >= 11 is 0. The summed E-state index contributed by atoms with van der Waals surface area (Å²) in [4.78, 5) is 0.105. The molecule has 9 heteroatoms. The number of benzene rings is 2. The molecule has 1 aliphatic heterocycles. The van der Waals surface area contributed by atoms with E-state index < -0.39 is 20.0 Å². The number of hydrogen-bond donors (Lipinski definition) is 1. The van der Waals surface area contributed by atoms with Crippen molar-refractivity contribution in [3.8, 4) is 0 Å². The van der Waals surface area contributed by atoms with Crippen LogP contribution in [0.5, 0.6) is 0 Å². The van der Waals surface area contributed by atoms with E-state index in [1.54, 1.807) is 0 Å². The Labute approximate surface area is 178 Å². The lowest BCUT2D eigenvalue weighted by atomic mass is 9.70. The second-order valence-corrected chi connectivity index (χ2v) is 12.3. The lowest BCUT2D eigenvalue weighted by Gasteiger charge is -2.36. The highest BCUT2D eigenvalue weighted by molar-refractivity contribution is 7.93. The zero-order valence-electron chi connectivity index (χ0n) is 17.0. The molecule has 2 aromatic rings. The van der Waals surface area contributed by atoms with Gasteiger partial charge in [0.1, 0.15) is 0 Å². The van der Waals surface area contributed by atoms with Crippen molar-refractivity contribution in [3.63, 3.8) is 0 Å². The van der Waals surface area contributed by atoms with E-state index in [0.717, 1.165) is 22.7 Å². The molecule has 1 heterocycles. The normalized spacial score (nSPS) is 24.4. The third kappa shape index (κ3) is 3.33. The zero-order valence-corrected chi connectivity index (χ0v) is 18.7. The lowest BCUT2D eigenvalue weighted by Crippen LogP contribution is -2.40. The molecule has 1 N–H and O–H groups in total. The van der Waals surface area contributed by atoms with Gasteiger partial charge in [-0.3, -0.25) is 4.31 Å². The molecule has 0 aromatic heterocycles. The van der Waals surface area contributed by atoms with E-state index in [0.29, 0.717) is 25.1 Å². The van der Waals surface area contributed by atoms with Crippen LogP contribution in [0.15, 0.2) is 58.3 Å². The lowest BCUT2D eigenvalue weighted by molar-refractivity contribution is 0.100. The first-order valence-electron chi connectivity index (χ1n) is 9.91. The van der Waals surface area contributed by atoms with Crippen LogP contribution in [-0.2, 0) is 25.5 Å². The highest BCUT2D eigenvalue weighted by atomic mass is 32.2. The number of rotatable bonds is 4. The summed E-state index contributed by atoms with van der Waals surface area (Å²) in [7, 11) is -4.63. The van der Waals surface area contributed by atoms with Gasteiger partial charge < -0.3 is 5.11 Å². The topological polar surface area (TPSA) is 95.0 Å². The highest BCUT2D eigenvalue weighted by Crippen LogP contribution is 2.50. The monoisotopic (exact) mass is 450 g/mol. The fourth-order valence-corrected chi connectivity index (χ4v) is 6.97. The predicted molar refractivity (Wildman–Crippen MR) is 114 cm³/mol. The van der Waals surface area contributed by atoms with Gasteiger partial charge in [0, 0.05) is 26.1 Å². The Hall–Kier alpha value is -1.94. The van der Waals surface area contributed by atoms with Crippen molar-refractivity contribution < 1.29 is 21.9 Å². The summed E-state index contributed by atoms with van der Waals surface area (Å²) < 4.78 is 54.1. The first kappa shape index (κ1) is 21.3. The van der Waals surface area contributed by atoms with Crippen LogP contribution in [0.1, 0.15) is 31.2 Å². The summed E-state index contributed by atoms with van der Waals surface area (Å²) in [5, 5.41) is 9.95. The van der Waals surface area contributed by atoms with Gasteiger partial charge in [-0.05, 0) is 61.6 Å². The fraction of sp³-hybridized carbons (Fsp3) is 0.429. The first-order chi connectivity index (χ1) is 14.1. The van der Waals surface area contributed by atoms with Gasteiger partial charge in [-0.2, -0.15) is 0 Å². The molecule has 0 amide bonds. The first-order valence-corrected chi connectivity index (χ1v) is 12.8. The molecular weight excluding hydrogens is 424 g/mol. The molecule has 2 aromatic carbocycles. The maximum atomic E-state index is 13.5. The Balaban J connectivity index is 1.72. The molecule has 162 valence electrons. The van der Waals surface area contributed by atoms with E-state index in [2.05, 4.69) is 0 Å². The predicted octanol–water partition coefficient (Wildman–Crippen LogP) is 2.32. The number of aliphatic hydroxyl groups is 1. The molecule has 0 saturated heterocycles. The van der Waals surface area contributed by atoms with Gasteiger partial charge in [0.05, 0.1) is 21.6 Å². The SMILES string of the molecule is CN(C)S(=O)(=O)c1ccc(S(=O)(=O)N2CC3(CCC(O)CC3)c3ccccc32)cc1. The minimum atomic E-state index is -3.86. The van der Waals surface area contributed by atoms with E-state index in [-0.39, 0.29) is 21.3 Å². The van der Waals surface area contributed by atoms with Crippen molar-refractivity contribution in [1.29, 1.82) is 0 Å². The largest absolute Gasteiger partial charge is 0.393 e. The van der Waals surface area contributed by atoms with E-state index in [9.17, 15) is 21.9 Å². The van der Waals surface area contributed by atoms with Crippen molar-refractivity contribution in [3.05, 3.63) is 54.1 Å². The minimum absolute atomic E-state index is 0.0472. The van der Waals surface area contributed by atoms with Crippen LogP contribution in [-0.4, -0.2) is 53.0 Å². The van der Waals surface area contributed by atoms with Gasteiger partial charge in [-0.1, -0.05) is 18.2 Å². The van der Waals surface area contributed by atoms with Gasteiger partial charge in [-0.25, -0.2) is 21.1 Å². The van der Waals surface area contributed by atoms with E-state index in [4.69, 9.17) is 0 Å². The standard InChI is InChI=1S/C21H26N2O5S2/c1-22(2)29(25,26)17-7-9-18(10-8-17)30(27,28)23-15-21(13-11-16(24)12-14-21)19-5-3-4-6-20(19)23/h3-10,16,24H,11-15H2,1-2H3. The molecule has 1 spiro atoms. The smallest absolute Gasteiger partial charge is 0.264 e. The Bertz CT molecular complexity index is 1150. The molecule has 0 atom stereocenters. The fourth-order valence-electron chi connectivity index (χ4n) is 4.50.